The van der Waals surface area contributed by atoms with E-state index in [0.717, 1.165) is 0 Å². The first-order chi connectivity index (χ1) is 8.96. The van der Waals surface area contributed by atoms with Crippen LogP contribution >= 0.6 is 0 Å². The van der Waals surface area contributed by atoms with Gasteiger partial charge in [-0.15, -0.1) is 0 Å². The Morgan fingerprint density at radius 2 is 2.00 bits per heavy atom. The first-order valence-electron chi connectivity index (χ1n) is 6.58. The molecule has 110 valence electrons. The second-order valence-electron chi connectivity index (χ2n) is 5.21. The number of amides is 1. The molecule has 1 aliphatic rings. The zero-order valence-electron chi connectivity index (χ0n) is 12.0. The Kier molecular flexibility index (Phi) is 5.75. The van der Waals surface area contributed by atoms with Gasteiger partial charge in [-0.1, -0.05) is 6.92 Å². The van der Waals surface area contributed by atoms with Crippen molar-refractivity contribution in [1.82, 2.24) is 4.90 Å². The predicted octanol–water partition coefficient (Wildman–Crippen LogP) is 0.00940. The molecule has 0 aromatic heterocycles. The van der Waals surface area contributed by atoms with Crippen LogP contribution < -0.4 is 5.73 Å². The molecule has 1 fully saturated rings. The van der Waals surface area contributed by atoms with Crippen LogP contribution in [-0.2, 0) is 19.1 Å². The summed E-state index contributed by atoms with van der Waals surface area (Å²) in [7, 11) is 3.05. The summed E-state index contributed by atoms with van der Waals surface area (Å²) in [4.78, 5) is 25.5. The number of methoxy groups -OCH3 is 1. The van der Waals surface area contributed by atoms with E-state index in [-0.39, 0.29) is 17.8 Å². The lowest BCUT2D eigenvalue weighted by molar-refractivity contribution is -0.150. The van der Waals surface area contributed by atoms with E-state index in [1.54, 1.807) is 18.9 Å². The maximum Gasteiger partial charge on any atom is 0.310 e. The first kappa shape index (κ1) is 15.9. The first-order valence-corrected chi connectivity index (χ1v) is 6.58. The second kappa shape index (κ2) is 6.86. The number of hydrogen-bond acceptors (Lipinski definition) is 5. The second-order valence-corrected chi connectivity index (χ2v) is 5.21. The third-order valence-corrected chi connectivity index (χ3v) is 3.79. The molecule has 0 aromatic carbocycles. The van der Waals surface area contributed by atoms with Gasteiger partial charge in [-0.3, -0.25) is 9.59 Å². The van der Waals surface area contributed by atoms with Gasteiger partial charge in [0.2, 0.25) is 5.91 Å². The fourth-order valence-corrected chi connectivity index (χ4v) is 2.44. The Balaban J connectivity index is 2.66. The van der Waals surface area contributed by atoms with Gasteiger partial charge in [-0.05, 0) is 12.8 Å². The number of nitrogens with zero attached hydrogens (tertiary/aromatic N) is 1. The van der Waals surface area contributed by atoms with Crippen LogP contribution in [0.2, 0.25) is 0 Å². The molecule has 0 aromatic rings. The van der Waals surface area contributed by atoms with Gasteiger partial charge >= 0.3 is 5.97 Å². The van der Waals surface area contributed by atoms with Crippen molar-refractivity contribution in [2.75, 3.05) is 40.5 Å². The molecule has 1 unspecified atom stereocenters. The summed E-state index contributed by atoms with van der Waals surface area (Å²) in [6.07, 6.45) is 1.28. The van der Waals surface area contributed by atoms with Crippen molar-refractivity contribution in [1.29, 1.82) is 0 Å². The zero-order valence-corrected chi connectivity index (χ0v) is 12.0. The van der Waals surface area contributed by atoms with E-state index >= 15 is 0 Å². The predicted molar refractivity (Wildman–Crippen MR) is 70.4 cm³/mol. The van der Waals surface area contributed by atoms with Crippen LogP contribution in [0.5, 0.6) is 0 Å². The molecular formula is C13H24N2O4. The van der Waals surface area contributed by atoms with Gasteiger partial charge in [0.1, 0.15) is 0 Å². The molecule has 1 atom stereocenters. The normalized spacial score (nSPS) is 19.6. The topological polar surface area (TPSA) is 81.9 Å². The van der Waals surface area contributed by atoms with Crippen molar-refractivity contribution < 1.29 is 19.1 Å². The molecule has 6 heteroatoms. The highest BCUT2D eigenvalue weighted by molar-refractivity contribution is 5.83. The highest BCUT2D eigenvalue weighted by atomic mass is 16.5. The Morgan fingerprint density at radius 1 is 1.42 bits per heavy atom. The van der Waals surface area contributed by atoms with Gasteiger partial charge in [0.25, 0.3) is 0 Å². The summed E-state index contributed by atoms with van der Waals surface area (Å²) >= 11 is 0. The summed E-state index contributed by atoms with van der Waals surface area (Å²) in [6, 6.07) is 0. The SMILES string of the molecule is COC(=O)C(C)CN(C)C(=O)C1(CN)CCOCC1. The molecule has 1 heterocycles. The molecule has 1 aliphatic heterocycles. The minimum Gasteiger partial charge on any atom is -0.469 e. The summed E-state index contributed by atoms with van der Waals surface area (Å²) in [6.45, 7) is 3.52. The Bertz CT molecular complexity index is 327. The van der Waals surface area contributed by atoms with E-state index in [0.29, 0.717) is 39.1 Å². The smallest absolute Gasteiger partial charge is 0.310 e. The number of hydrogen-bond donors (Lipinski definition) is 1. The van der Waals surface area contributed by atoms with Crippen LogP contribution in [0.1, 0.15) is 19.8 Å². The molecule has 19 heavy (non-hydrogen) atoms. The average Bonchev–Trinajstić information content (AvgIpc) is 2.45. The number of rotatable bonds is 5. The van der Waals surface area contributed by atoms with Crippen molar-refractivity contribution in [2.24, 2.45) is 17.1 Å². The van der Waals surface area contributed by atoms with E-state index < -0.39 is 5.41 Å². The van der Waals surface area contributed by atoms with Gasteiger partial charge < -0.3 is 20.1 Å². The fourth-order valence-electron chi connectivity index (χ4n) is 2.44. The standard InChI is InChI=1S/C13H24N2O4/c1-10(11(16)18-3)8-15(2)12(17)13(9-14)4-6-19-7-5-13/h10H,4-9,14H2,1-3H3. The lowest BCUT2D eigenvalue weighted by Crippen LogP contribution is -2.50. The minimum atomic E-state index is -0.539. The van der Waals surface area contributed by atoms with Crippen molar-refractivity contribution in [3.8, 4) is 0 Å². The highest BCUT2D eigenvalue weighted by Crippen LogP contribution is 2.31. The molecule has 1 rings (SSSR count). The largest absolute Gasteiger partial charge is 0.469 e. The average molecular weight is 272 g/mol. The van der Waals surface area contributed by atoms with Crippen LogP contribution in [0.25, 0.3) is 0 Å². The van der Waals surface area contributed by atoms with Crippen LogP contribution in [0.3, 0.4) is 0 Å². The lowest BCUT2D eigenvalue weighted by Gasteiger charge is -2.38. The number of esters is 1. The van der Waals surface area contributed by atoms with Crippen LogP contribution in [0, 0.1) is 11.3 Å². The number of nitrogens with two attached hydrogens (primary N) is 1. The van der Waals surface area contributed by atoms with Gasteiger partial charge in [0.15, 0.2) is 0 Å². The Labute approximate surface area is 114 Å². The van der Waals surface area contributed by atoms with Gasteiger partial charge in [0, 0.05) is 33.4 Å². The quantitative estimate of drug-likeness (QED) is 0.713. The number of carbonyl (C=O) groups excluding carboxylic acids is 2. The van der Waals surface area contributed by atoms with E-state index in [1.165, 1.54) is 7.11 Å². The summed E-state index contributed by atoms with van der Waals surface area (Å²) < 4.78 is 9.96. The zero-order chi connectivity index (χ0) is 14.5. The van der Waals surface area contributed by atoms with Crippen molar-refractivity contribution in [2.45, 2.75) is 19.8 Å². The van der Waals surface area contributed by atoms with E-state index in [9.17, 15) is 9.59 Å². The molecule has 0 saturated carbocycles. The molecule has 0 aliphatic carbocycles. The van der Waals surface area contributed by atoms with E-state index in [2.05, 4.69) is 4.74 Å². The summed E-state index contributed by atoms with van der Waals surface area (Å²) in [5.74, 6) is -0.656. The van der Waals surface area contributed by atoms with Gasteiger partial charge in [-0.25, -0.2) is 0 Å². The third-order valence-electron chi connectivity index (χ3n) is 3.79. The van der Waals surface area contributed by atoms with Crippen LogP contribution in [-0.4, -0.2) is 57.2 Å². The molecule has 2 N–H and O–H groups in total. The van der Waals surface area contributed by atoms with Crippen LogP contribution in [0.15, 0.2) is 0 Å². The van der Waals surface area contributed by atoms with E-state index in [1.807, 2.05) is 0 Å². The molecule has 6 nitrogen and oxygen atoms in total. The highest BCUT2D eigenvalue weighted by Gasteiger charge is 2.40. The maximum absolute atomic E-state index is 12.5. The summed E-state index contributed by atoms with van der Waals surface area (Å²) in [5, 5.41) is 0. The molecule has 0 bridgehead atoms. The molecule has 0 spiro atoms. The minimum absolute atomic E-state index is 0.00551. The van der Waals surface area contributed by atoms with Crippen molar-refractivity contribution in [3.05, 3.63) is 0 Å². The molecule has 1 amide bonds. The van der Waals surface area contributed by atoms with Gasteiger partial charge in [-0.2, -0.15) is 0 Å². The van der Waals surface area contributed by atoms with Crippen molar-refractivity contribution >= 4 is 11.9 Å². The number of ether oxygens (including phenoxy) is 2. The number of carbonyl (C=O) groups is 2. The molecule has 1 saturated heterocycles. The molecular weight excluding hydrogens is 248 g/mol. The third kappa shape index (κ3) is 3.67. The summed E-state index contributed by atoms with van der Waals surface area (Å²) in [5.41, 5.74) is 5.26. The van der Waals surface area contributed by atoms with E-state index in [4.69, 9.17) is 10.5 Å². The fraction of sp³-hybridized carbons (Fsp3) is 0.846. The van der Waals surface area contributed by atoms with Crippen LogP contribution in [0.4, 0.5) is 0 Å². The van der Waals surface area contributed by atoms with Crippen molar-refractivity contribution in [3.63, 3.8) is 0 Å². The molecule has 0 radical (unpaired) electrons. The Morgan fingerprint density at radius 3 is 2.47 bits per heavy atom. The monoisotopic (exact) mass is 272 g/mol. The Hall–Kier alpha value is -1.14. The lowest BCUT2D eigenvalue weighted by atomic mass is 9.79. The van der Waals surface area contributed by atoms with Gasteiger partial charge in [0.05, 0.1) is 18.4 Å². The maximum atomic E-state index is 12.5.